The van der Waals surface area contributed by atoms with Gasteiger partial charge in [-0.3, -0.25) is 9.59 Å². The lowest BCUT2D eigenvalue weighted by Crippen LogP contribution is -2.29. The average molecular weight is 363 g/mol. The van der Waals surface area contributed by atoms with Crippen LogP contribution in [0.15, 0.2) is 24.3 Å². The number of ketones is 1. The Morgan fingerprint density at radius 2 is 1.65 bits per heavy atom. The zero-order chi connectivity index (χ0) is 19.0. The summed E-state index contributed by atoms with van der Waals surface area (Å²) in [7, 11) is 0. The molecule has 0 aliphatic carbocycles. The molecule has 0 aliphatic heterocycles. The molecule has 0 fully saturated rings. The summed E-state index contributed by atoms with van der Waals surface area (Å²) in [5.74, 6) is -0.0438. The highest BCUT2D eigenvalue weighted by atomic mass is 16.5. The van der Waals surface area contributed by atoms with Crippen LogP contribution in [-0.4, -0.2) is 44.7 Å². The Morgan fingerprint density at radius 3 is 2.35 bits per heavy atom. The molecule has 146 valence electrons. The number of hydrogen-bond acceptors (Lipinski definition) is 4. The quantitative estimate of drug-likeness (QED) is 0.382. The molecular weight excluding hydrogens is 330 g/mol. The predicted molar refractivity (Wildman–Crippen MR) is 104 cm³/mol. The van der Waals surface area contributed by atoms with E-state index in [1.165, 1.54) is 5.56 Å². The second-order valence-electron chi connectivity index (χ2n) is 6.34. The molecule has 0 heterocycles. The molecule has 0 radical (unpaired) electrons. The van der Waals surface area contributed by atoms with Gasteiger partial charge < -0.3 is 14.8 Å². The van der Waals surface area contributed by atoms with Crippen molar-refractivity contribution in [1.29, 1.82) is 0 Å². The van der Waals surface area contributed by atoms with Crippen molar-refractivity contribution in [2.24, 2.45) is 0 Å². The highest BCUT2D eigenvalue weighted by Gasteiger charge is 2.06. The number of carbonyl (C=O) groups is 2. The monoisotopic (exact) mass is 363 g/mol. The maximum Gasteiger partial charge on any atom is 0.245 e. The van der Waals surface area contributed by atoms with Gasteiger partial charge in [0.15, 0.2) is 5.78 Å². The van der Waals surface area contributed by atoms with Crippen LogP contribution in [-0.2, 0) is 20.7 Å². The van der Waals surface area contributed by atoms with Crippen molar-refractivity contribution in [2.75, 3.05) is 33.0 Å². The highest BCUT2D eigenvalue weighted by molar-refractivity contribution is 5.96. The Labute approximate surface area is 157 Å². The second-order valence-corrected chi connectivity index (χ2v) is 6.34. The Morgan fingerprint density at radius 1 is 0.923 bits per heavy atom. The van der Waals surface area contributed by atoms with Crippen molar-refractivity contribution in [3.63, 3.8) is 0 Å². The van der Waals surface area contributed by atoms with E-state index in [1.807, 2.05) is 24.3 Å². The number of ether oxygens (including phenoxy) is 2. The lowest BCUT2D eigenvalue weighted by atomic mass is 10.0. The van der Waals surface area contributed by atoms with Gasteiger partial charge in [-0.05, 0) is 24.8 Å². The van der Waals surface area contributed by atoms with E-state index in [-0.39, 0.29) is 18.3 Å². The van der Waals surface area contributed by atoms with Gasteiger partial charge in [0.25, 0.3) is 0 Å². The van der Waals surface area contributed by atoms with Crippen LogP contribution in [0, 0.1) is 0 Å². The minimum atomic E-state index is -0.157. The molecule has 0 spiro atoms. The van der Waals surface area contributed by atoms with E-state index in [2.05, 4.69) is 19.2 Å². The van der Waals surface area contributed by atoms with E-state index in [0.717, 1.165) is 37.9 Å². The first kappa shape index (κ1) is 22.3. The van der Waals surface area contributed by atoms with Gasteiger partial charge in [0, 0.05) is 25.1 Å². The second kappa shape index (κ2) is 14.4. The van der Waals surface area contributed by atoms with Crippen LogP contribution in [0.25, 0.3) is 0 Å². The van der Waals surface area contributed by atoms with Gasteiger partial charge in [0.05, 0.1) is 13.2 Å². The first-order valence-corrected chi connectivity index (χ1v) is 9.71. The summed E-state index contributed by atoms with van der Waals surface area (Å²) in [6, 6.07) is 7.81. The Bertz CT molecular complexity index is 513. The number of Topliss-reactive ketones (excluding diaryl/α,β-unsaturated/α-hetero) is 1. The summed E-state index contributed by atoms with van der Waals surface area (Å²) >= 11 is 0. The Balaban J connectivity index is 2.06. The van der Waals surface area contributed by atoms with Gasteiger partial charge in [0.1, 0.15) is 6.61 Å². The first-order chi connectivity index (χ1) is 12.7. The minimum absolute atomic E-state index is 0.0317. The fourth-order valence-corrected chi connectivity index (χ4v) is 2.45. The molecule has 0 atom stereocenters. The molecule has 0 bridgehead atoms. The maximum atomic E-state index is 12.1. The topological polar surface area (TPSA) is 64.6 Å². The highest BCUT2D eigenvalue weighted by Crippen LogP contribution is 2.09. The van der Waals surface area contributed by atoms with Crippen LogP contribution in [0.4, 0.5) is 0 Å². The Hall–Kier alpha value is -1.72. The zero-order valence-electron chi connectivity index (χ0n) is 16.2. The van der Waals surface area contributed by atoms with Gasteiger partial charge in [-0.2, -0.15) is 0 Å². The maximum absolute atomic E-state index is 12.1. The summed E-state index contributed by atoms with van der Waals surface area (Å²) < 4.78 is 10.6. The molecule has 1 N–H and O–H groups in total. The molecule has 1 amide bonds. The third kappa shape index (κ3) is 10.3. The lowest BCUT2D eigenvalue weighted by Gasteiger charge is -2.07. The third-order valence-electron chi connectivity index (χ3n) is 3.96. The van der Waals surface area contributed by atoms with Crippen molar-refractivity contribution >= 4 is 11.7 Å². The average Bonchev–Trinajstić information content (AvgIpc) is 2.65. The molecule has 0 unspecified atom stereocenters. The summed E-state index contributed by atoms with van der Waals surface area (Å²) in [6.45, 7) is 6.43. The van der Waals surface area contributed by atoms with Gasteiger partial charge in [-0.25, -0.2) is 0 Å². The van der Waals surface area contributed by atoms with E-state index < -0.39 is 0 Å². The van der Waals surface area contributed by atoms with E-state index >= 15 is 0 Å². The molecule has 1 rings (SSSR count). The molecule has 5 nitrogen and oxygen atoms in total. The number of rotatable bonds is 15. The van der Waals surface area contributed by atoms with Gasteiger partial charge >= 0.3 is 0 Å². The van der Waals surface area contributed by atoms with E-state index in [1.54, 1.807) is 0 Å². The Kier molecular flexibility index (Phi) is 12.4. The number of nitrogens with one attached hydrogen (secondary N) is 1. The van der Waals surface area contributed by atoms with Gasteiger partial charge in [-0.1, -0.05) is 51.0 Å². The third-order valence-corrected chi connectivity index (χ3v) is 3.96. The number of benzene rings is 1. The summed E-state index contributed by atoms with van der Waals surface area (Å²) in [5.41, 5.74) is 2.00. The summed E-state index contributed by atoms with van der Waals surface area (Å²) in [5, 5.41) is 2.77. The lowest BCUT2D eigenvalue weighted by molar-refractivity contribution is -0.126. The normalized spacial score (nSPS) is 10.7. The van der Waals surface area contributed by atoms with E-state index in [4.69, 9.17) is 9.47 Å². The van der Waals surface area contributed by atoms with Crippen LogP contribution >= 0.6 is 0 Å². The number of hydrogen-bond donors (Lipinski definition) is 1. The standard InChI is InChI=1S/C21H33NO4/c1-3-5-14-25-15-16-26-17-21(24)22-13-6-8-20(23)19-11-9-18(7-4-2)10-12-19/h9-12H,3-8,13-17H2,1-2H3,(H,22,24). The molecule has 0 saturated carbocycles. The van der Waals surface area contributed by atoms with Crippen LogP contribution in [0.3, 0.4) is 0 Å². The van der Waals surface area contributed by atoms with Crippen LogP contribution in [0.5, 0.6) is 0 Å². The van der Waals surface area contributed by atoms with Crippen molar-refractivity contribution in [1.82, 2.24) is 5.32 Å². The molecule has 0 aliphatic rings. The first-order valence-electron chi connectivity index (χ1n) is 9.71. The van der Waals surface area contributed by atoms with Crippen LogP contribution in [0.2, 0.25) is 0 Å². The number of amides is 1. The molecule has 1 aromatic carbocycles. The summed E-state index contributed by atoms with van der Waals surface area (Å²) in [4.78, 5) is 23.8. The van der Waals surface area contributed by atoms with Crippen molar-refractivity contribution < 1.29 is 19.1 Å². The number of carbonyl (C=O) groups excluding carboxylic acids is 2. The van der Waals surface area contributed by atoms with Crippen molar-refractivity contribution in [2.45, 2.75) is 52.4 Å². The molecular formula is C21H33NO4. The minimum Gasteiger partial charge on any atom is -0.379 e. The smallest absolute Gasteiger partial charge is 0.245 e. The number of aryl methyl sites for hydroxylation is 1. The van der Waals surface area contributed by atoms with E-state index in [9.17, 15) is 9.59 Å². The molecule has 1 aromatic rings. The fraction of sp³-hybridized carbons (Fsp3) is 0.619. The zero-order valence-corrected chi connectivity index (χ0v) is 16.2. The number of unbranched alkanes of at least 4 members (excludes halogenated alkanes) is 1. The van der Waals surface area contributed by atoms with Crippen molar-refractivity contribution in [3.05, 3.63) is 35.4 Å². The molecule has 5 heteroatoms. The summed E-state index contributed by atoms with van der Waals surface area (Å²) in [6.07, 6.45) is 5.34. The molecule has 0 aromatic heterocycles. The molecule has 26 heavy (non-hydrogen) atoms. The van der Waals surface area contributed by atoms with Crippen LogP contribution in [0.1, 0.15) is 61.9 Å². The van der Waals surface area contributed by atoms with Crippen molar-refractivity contribution in [3.8, 4) is 0 Å². The van der Waals surface area contributed by atoms with Gasteiger partial charge in [-0.15, -0.1) is 0 Å². The SMILES string of the molecule is CCCCOCCOCC(=O)NCCCC(=O)c1ccc(CCC)cc1. The largest absolute Gasteiger partial charge is 0.379 e. The fourth-order valence-electron chi connectivity index (χ4n) is 2.45. The van der Waals surface area contributed by atoms with E-state index in [0.29, 0.717) is 32.6 Å². The van der Waals surface area contributed by atoms with Crippen LogP contribution < -0.4 is 5.32 Å². The molecule has 0 saturated heterocycles. The predicted octanol–water partition coefficient (Wildman–Crippen LogP) is 3.55. The van der Waals surface area contributed by atoms with Gasteiger partial charge in [0.2, 0.25) is 5.91 Å².